The Kier molecular flexibility index (Phi) is 4.05. The Morgan fingerprint density at radius 3 is 3.00 bits per heavy atom. The molecular formula is C10H11N3O2S2. The second-order valence-corrected chi connectivity index (χ2v) is 4.95. The number of rotatable bonds is 6. The maximum Gasteiger partial charge on any atom is 0.303 e. The van der Waals surface area contributed by atoms with Crippen LogP contribution in [0.15, 0.2) is 16.3 Å². The molecule has 0 aliphatic carbocycles. The van der Waals surface area contributed by atoms with E-state index >= 15 is 0 Å². The number of carboxylic acid groups (broad SMARTS) is 1. The van der Waals surface area contributed by atoms with Crippen molar-refractivity contribution in [3.63, 3.8) is 0 Å². The highest BCUT2D eigenvalue weighted by atomic mass is 32.1. The monoisotopic (exact) mass is 269 g/mol. The van der Waals surface area contributed by atoms with Crippen LogP contribution in [0.25, 0.3) is 0 Å². The highest BCUT2D eigenvalue weighted by Gasteiger charge is 2.04. The van der Waals surface area contributed by atoms with E-state index in [4.69, 9.17) is 5.11 Å². The van der Waals surface area contributed by atoms with Gasteiger partial charge in [0.25, 0.3) is 0 Å². The van der Waals surface area contributed by atoms with Crippen LogP contribution in [-0.2, 0) is 17.8 Å². The number of aryl methyl sites for hydroxylation is 1. The predicted molar refractivity (Wildman–Crippen MR) is 67.5 cm³/mol. The van der Waals surface area contributed by atoms with Crippen molar-refractivity contribution in [1.82, 2.24) is 9.97 Å². The van der Waals surface area contributed by atoms with E-state index < -0.39 is 5.97 Å². The lowest BCUT2D eigenvalue weighted by atomic mass is 10.2. The summed E-state index contributed by atoms with van der Waals surface area (Å²) in [4.78, 5) is 18.9. The van der Waals surface area contributed by atoms with Crippen molar-refractivity contribution in [2.24, 2.45) is 0 Å². The molecule has 2 aromatic rings. The van der Waals surface area contributed by atoms with Crippen molar-refractivity contribution in [1.29, 1.82) is 0 Å². The molecule has 90 valence electrons. The highest BCUT2D eigenvalue weighted by Crippen LogP contribution is 2.17. The number of nitrogens with zero attached hydrogens (tertiary/aromatic N) is 2. The standard InChI is InChI=1S/C10H11N3O2S2/c14-9(15)2-1-7-5-17-10(13-7)11-3-8-4-16-6-12-8/h4-6H,1-3H2,(H,11,13)(H,14,15). The Balaban J connectivity index is 1.83. The molecule has 2 rings (SSSR count). The van der Waals surface area contributed by atoms with Gasteiger partial charge in [-0.25, -0.2) is 9.97 Å². The minimum Gasteiger partial charge on any atom is -0.481 e. The van der Waals surface area contributed by atoms with Crippen LogP contribution in [-0.4, -0.2) is 21.0 Å². The van der Waals surface area contributed by atoms with Crippen molar-refractivity contribution in [3.05, 3.63) is 27.7 Å². The number of nitrogens with one attached hydrogen (secondary N) is 1. The first kappa shape index (κ1) is 12.0. The maximum atomic E-state index is 10.4. The predicted octanol–water partition coefficient (Wildman–Crippen LogP) is 2.23. The Morgan fingerprint density at radius 2 is 2.29 bits per heavy atom. The number of hydrogen-bond donors (Lipinski definition) is 2. The molecule has 0 spiro atoms. The first-order valence-electron chi connectivity index (χ1n) is 5.01. The van der Waals surface area contributed by atoms with E-state index in [-0.39, 0.29) is 6.42 Å². The van der Waals surface area contributed by atoms with Gasteiger partial charge in [-0.2, -0.15) is 0 Å². The largest absolute Gasteiger partial charge is 0.481 e. The van der Waals surface area contributed by atoms with Crippen LogP contribution in [0.3, 0.4) is 0 Å². The van der Waals surface area contributed by atoms with Gasteiger partial charge in [0.1, 0.15) is 0 Å². The lowest BCUT2D eigenvalue weighted by molar-refractivity contribution is -0.136. The Hall–Kier alpha value is -1.47. The summed E-state index contributed by atoms with van der Waals surface area (Å²) in [5.41, 5.74) is 3.59. The van der Waals surface area contributed by atoms with Gasteiger partial charge < -0.3 is 10.4 Å². The molecule has 2 aromatic heterocycles. The van der Waals surface area contributed by atoms with E-state index in [0.717, 1.165) is 16.5 Å². The van der Waals surface area contributed by atoms with Gasteiger partial charge in [0.2, 0.25) is 0 Å². The van der Waals surface area contributed by atoms with Crippen LogP contribution in [0.5, 0.6) is 0 Å². The van der Waals surface area contributed by atoms with Crippen LogP contribution in [0, 0.1) is 0 Å². The number of thiazole rings is 2. The summed E-state index contributed by atoms with van der Waals surface area (Å²) in [7, 11) is 0. The van der Waals surface area contributed by atoms with Gasteiger partial charge in [-0.05, 0) is 0 Å². The molecule has 0 saturated carbocycles. The third-order valence-corrected chi connectivity index (χ3v) is 3.54. The maximum absolute atomic E-state index is 10.4. The molecule has 5 nitrogen and oxygen atoms in total. The summed E-state index contributed by atoms with van der Waals surface area (Å²) in [5, 5.41) is 16.4. The van der Waals surface area contributed by atoms with E-state index in [2.05, 4.69) is 15.3 Å². The summed E-state index contributed by atoms with van der Waals surface area (Å²) in [5.74, 6) is -0.796. The minimum atomic E-state index is -0.796. The van der Waals surface area contributed by atoms with Gasteiger partial charge in [-0.1, -0.05) is 0 Å². The van der Waals surface area contributed by atoms with Crippen LogP contribution in [0.4, 0.5) is 5.13 Å². The Labute approximate surface area is 106 Å². The van der Waals surface area contributed by atoms with Gasteiger partial charge in [0.05, 0.1) is 29.9 Å². The van der Waals surface area contributed by atoms with Gasteiger partial charge in [-0.15, -0.1) is 22.7 Å². The first-order chi connectivity index (χ1) is 8.24. The quantitative estimate of drug-likeness (QED) is 0.841. The summed E-state index contributed by atoms with van der Waals surface area (Å²) < 4.78 is 0. The van der Waals surface area contributed by atoms with Crippen LogP contribution < -0.4 is 5.32 Å². The summed E-state index contributed by atoms with van der Waals surface area (Å²) in [6.07, 6.45) is 0.597. The molecule has 7 heteroatoms. The van der Waals surface area contributed by atoms with E-state index in [1.54, 1.807) is 16.8 Å². The molecule has 0 unspecified atom stereocenters. The summed E-state index contributed by atoms with van der Waals surface area (Å²) in [6.45, 7) is 0.648. The lowest BCUT2D eigenvalue weighted by Gasteiger charge is -1.98. The van der Waals surface area contributed by atoms with Gasteiger partial charge in [0, 0.05) is 17.2 Å². The molecule has 2 N–H and O–H groups in total. The van der Waals surface area contributed by atoms with Crippen LogP contribution in [0.1, 0.15) is 17.8 Å². The number of aliphatic carboxylic acids is 1. The fourth-order valence-corrected chi connectivity index (χ4v) is 2.53. The molecule has 0 bridgehead atoms. The zero-order valence-electron chi connectivity index (χ0n) is 8.92. The van der Waals surface area contributed by atoms with Crippen molar-refractivity contribution < 1.29 is 9.90 Å². The SMILES string of the molecule is O=C(O)CCc1csc(NCc2cscn2)n1. The zero-order chi connectivity index (χ0) is 12.1. The lowest BCUT2D eigenvalue weighted by Crippen LogP contribution is -2.00. The first-order valence-corrected chi connectivity index (χ1v) is 6.83. The molecule has 0 aromatic carbocycles. The molecule has 0 saturated heterocycles. The number of carbonyl (C=O) groups is 1. The smallest absolute Gasteiger partial charge is 0.303 e. The molecular weight excluding hydrogens is 258 g/mol. The highest BCUT2D eigenvalue weighted by molar-refractivity contribution is 7.13. The summed E-state index contributed by atoms with van der Waals surface area (Å²) >= 11 is 3.04. The van der Waals surface area contributed by atoms with E-state index in [0.29, 0.717) is 13.0 Å². The van der Waals surface area contributed by atoms with Crippen molar-refractivity contribution in [2.75, 3.05) is 5.32 Å². The number of anilines is 1. The van der Waals surface area contributed by atoms with Gasteiger partial charge >= 0.3 is 5.97 Å². The molecule has 2 heterocycles. The summed E-state index contributed by atoms with van der Waals surface area (Å²) in [6, 6.07) is 0. The van der Waals surface area contributed by atoms with Crippen molar-refractivity contribution >= 4 is 33.8 Å². The number of carboxylic acids is 1. The van der Waals surface area contributed by atoms with E-state index in [9.17, 15) is 4.79 Å². The van der Waals surface area contributed by atoms with Crippen LogP contribution >= 0.6 is 22.7 Å². The number of aromatic nitrogens is 2. The van der Waals surface area contributed by atoms with Gasteiger partial charge in [0.15, 0.2) is 5.13 Å². The Morgan fingerprint density at radius 1 is 1.41 bits per heavy atom. The zero-order valence-corrected chi connectivity index (χ0v) is 10.6. The van der Waals surface area contributed by atoms with E-state index in [1.165, 1.54) is 11.3 Å². The average molecular weight is 269 g/mol. The fourth-order valence-electron chi connectivity index (χ4n) is 1.23. The molecule has 0 atom stereocenters. The van der Waals surface area contributed by atoms with Gasteiger partial charge in [-0.3, -0.25) is 4.79 Å². The molecule has 0 amide bonds. The average Bonchev–Trinajstić information content (AvgIpc) is 2.95. The molecule has 17 heavy (non-hydrogen) atoms. The van der Waals surface area contributed by atoms with Crippen molar-refractivity contribution in [3.8, 4) is 0 Å². The third kappa shape index (κ3) is 3.79. The minimum absolute atomic E-state index is 0.120. The van der Waals surface area contributed by atoms with Crippen molar-refractivity contribution in [2.45, 2.75) is 19.4 Å². The van der Waals surface area contributed by atoms with E-state index in [1.807, 2.05) is 10.8 Å². The topological polar surface area (TPSA) is 75.1 Å². The Bertz CT molecular complexity index is 481. The molecule has 0 aliphatic heterocycles. The molecule has 0 radical (unpaired) electrons. The second kappa shape index (κ2) is 5.74. The number of hydrogen-bond acceptors (Lipinski definition) is 6. The second-order valence-electron chi connectivity index (χ2n) is 3.37. The van der Waals surface area contributed by atoms with Crippen LogP contribution in [0.2, 0.25) is 0 Å². The normalized spacial score (nSPS) is 10.4. The molecule has 0 fully saturated rings. The molecule has 0 aliphatic rings. The fraction of sp³-hybridized carbons (Fsp3) is 0.300. The third-order valence-electron chi connectivity index (χ3n) is 2.05.